The fourth-order valence-corrected chi connectivity index (χ4v) is 4.66. The number of carbonyl (C=O) groups excluding carboxylic acids is 2. The Morgan fingerprint density at radius 1 is 0.969 bits per heavy atom. The van der Waals surface area contributed by atoms with Gasteiger partial charge in [0, 0.05) is 46.8 Å². The van der Waals surface area contributed by atoms with Crippen molar-refractivity contribution in [3.63, 3.8) is 0 Å². The van der Waals surface area contributed by atoms with Gasteiger partial charge in [-0.15, -0.1) is 0 Å². The van der Waals surface area contributed by atoms with E-state index >= 15 is 0 Å². The predicted octanol–water partition coefficient (Wildman–Crippen LogP) is 5.14. The van der Waals surface area contributed by atoms with E-state index in [0.717, 1.165) is 41.3 Å². The van der Waals surface area contributed by atoms with Gasteiger partial charge in [-0.05, 0) is 66.5 Å². The maximum Gasteiger partial charge on any atom is 0.251 e. The second-order valence-corrected chi connectivity index (χ2v) is 9.01. The molecule has 1 saturated heterocycles. The molecule has 0 spiro atoms. The molecule has 0 unspecified atom stereocenters. The Labute approximate surface area is 192 Å². The fraction of sp³-hybridized carbons (Fsp3) is 0.308. The lowest BCUT2D eigenvalue weighted by Crippen LogP contribution is -2.38. The standard InChI is InChI=1S/C26H25ClN2O3/c27-24-6-2-3-16-7-8-20(14-22(16)24)29-26(31)23-15-21(23)17-4-1-5-18(13-17)25(30)28-19-9-11-32-12-10-19/h1-8,13-14,19,21,23H,9-12,15H2,(H,28,30)(H,29,31)/t21-,23+/m0/s1. The first-order valence-electron chi connectivity index (χ1n) is 11.1. The highest BCUT2D eigenvalue weighted by Gasteiger charge is 2.44. The summed E-state index contributed by atoms with van der Waals surface area (Å²) in [4.78, 5) is 25.5. The Kier molecular flexibility index (Phi) is 5.85. The van der Waals surface area contributed by atoms with Crippen LogP contribution in [-0.2, 0) is 9.53 Å². The lowest BCUT2D eigenvalue weighted by atomic mass is 10.0. The summed E-state index contributed by atoms with van der Waals surface area (Å²) in [6.07, 6.45) is 2.47. The topological polar surface area (TPSA) is 67.4 Å². The smallest absolute Gasteiger partial charge is 0.251 e. The molecule has 2 N–H and O–H groups in total. The van der Waals surface area contributed by atoms with Crippen LogP contribution >= 0.6 is 11.6 Å². The summed E-state index contributed by atoms with van der Waals surface area (Å²) in [5.41, 5.74) is 2.42. The quantitative estimate of drug-likeness (QED) is 0.567. The Bertz CT molecular complexity index is 1170. The fourth-order valence-electron chi connectivity index (χ4n) is 4.42. The third-order valence-electron chi connectivity index (χ3n) is 6.36. The van der Waals surface area contributed by atoms with Crippen LogP contribution in [-0.4, -0.2) is 31.1 Å². The van der Waals surface area contributed by atoms with Gasteiger partial charge < -0.3 is 15.4 Å². The molecule has 6 heteroatoms. The third kappa shape index (κ3) is 4.50. The molecular weight excluding hydrogens is 424 g/mol. The van der Waals surface area contributed by atoms with E-state index in [2.05, 4.69) is 10.6 Å². The third-order valence-corrected chi connectivity index (χ3v) is 6.69. The lowest BCUT2D eigenvalue weighted by Gasteiger charge is -2.23. The summed E-state index contributed by atoms with van der Waals surface area (Å²) in [6.45, 7) is 1.38. The molecule has 3 aromatic rings. The monoisotopic (exact) mass is 448 g/mol. The average Bonchev–Trinajstić information content (AvgIpc) is 3.62. The van der Waals surface area contributed by atoms with Crippen LogP contribution in [0.3, 0.4) is 0 Å². The molecular formula is C26H25ClN2O3. The molecule has 1 saturated carbocycles. The van der Waals surface area contributed by atoms with E-state index in [0.29, 0.717) is 23.8 Å². The van der Waals surface area contributed by atoms with Crippen LogP contribution in [0.1, 0.15) is 41.1 Å². The van der Waals surface area contributed by atoms with Crippen molar-refractivity contribution in [3.8, 4) is 0 Å². The van der Waals surface area contributed by atoms with Gasteiger partial charge in [0.15, 0.2) is 0 Å². The van der Waals surface area contributed by atoms with Crippen LogP contribution in [0.25, 0.3) is 10.8 Å². The molecule has 0 aromatic heterocycles. The molecule has 5 rings (SSSR count). The van der Waals surface area contributed by atoms with Gasteiger partial charge in [-0.25, -0.2) is 0 Å². The van der Waals surface area contributed by atoms with Crippen molar-refractivity contribution >= 4 is 39.9 Å². The number of hydrogen-bond acceptors (Lipinski definition) is 3. The number of ether oxygens (including phenoxy) is 1. The first-order valence-corrected chi connectivity index (χ1v) is 11.4. The summed E-state index contributed by atoms with van der Waals surface area (Å²) < 4.78 is 5.35. The van der Waals surface area contributed by atoms with Crippen molar-refractivity contribution < 1.29 is 14.3 Å². The van der Waals surface area contributed by atoms with Crippen LogP contribution in [0.15, 0.2) is 60.7 Å². The van der Waals surface area contributed by atoms with E-state index in [9.17, 15) is 9.59 Å². The minimum absolute atomic E-state index is 0.00142. The van der Waals surface area contributed by atoms with Crippen LogP contribution < -0.4 is 10.6 Å². The van der Waals surface area contributed by atoms with Crippen LogP contribution in [0.5, 0.6) is 0 Å². The molecule has 2 aliphatic rings. The number of rotatable bonds is 5. The molecule has 3 aromatic carbocycles. The highest BCUT2D eigenvalue weighted by atomic mass is 35.5. The summed E-state index contributed by atoms with van der Waals surface area (Å²) in [5, 5.41) is 8.75. The van der Waals surface area contributed by atoms with E-state index < -0.39 is 0 Å². The highest BCUT2D eigenvalue weighted by molar-refractivity contribution is 6.35. The van der Waals surface area contributed by atoms with Crippen molar-refractivity contribution in [2.75, 3.05) is 18.5 Å². The minimum Gasteiger partial charge on any atom is -0.381 e. The van der Waals surface area contributed by atoms with Gasteiger partial charge in [0.2, 0.25) is 5.91 Å². The Hall–Kier alpha value is -2.89. The molecule has 2 fully saturated rings. The number of fused-ring (bicyclic) bond motifs is 1. The highest BCUT2D eigenvalue weighted by Crippen LogP contribution is 2.48. The summed E-state index contributed by atoms with van der Waals surface area (Å²) in [7, 11) is 0. The van der Waals surface area contributed by atoms with E-state index in [1.807, 2.05) is 60.7 Å². The molecule has 1 heterocycles. The number of amides is 2. The van der Waals surface area contributed by atoms with Gasteiger partial charge in [0.1, 0.15) is 0 Å². The molecule has 2 atom stereocenters. The number of benzene rings is 3. The molecule has 5 nitrogen and oxygen atoms in total. The van der Waals surface area contributed by atoms with Crippen LogP contribution in [0, 0.1) is 5.92 Å². The zero-order chi connectivity index (χ0) is 22.1. The number of carbonyl (C=O) groups is 2. The Morgan fingerprint density at radius 2 is 1.78 bits per heavy atom. The summed E-state index contributed by atoms with van der Waals surface area (Å²) in [5.74, 6) is -0.0208. The van der Waals surface area contributed by atoms with Crippen molar-refractivity contribution in [2.24, 2.45) is 5.92 Å². The molecule has 0 radical (unpaired) electrons. The van der Waals surface area contributed by atoms with Gasteiger partial charge in [-0.2, -0.15) is 0 Å². The Balaban J connectivity index is 1.23. The minimum atomic E-state index is -0.0919. The van der Waals surface area contributed by atoms with Crippen molar-refractivity contribution in [1.82, 2.24) is 5.32 Å². The predicted molar refractivity (Wildman–Crippen MR) is 126 cm³/mol. The number of halogens is 1. The summed E-state index contributed by atoms with van der Waals surface area (Å²) in [6, 6.07) is 19.3. The average molecular weight is 449 g/mol. The number of anilines is 1. The molecule has 0 bridgehead atoms. The van der Waals surface area contributed by atoms with Crippen LogP contribution in [0.4, 0.5) is 5.69 Å². The van der Waals surface area contributed by atoms with Crippen molar-refractivity contribution in [1.29, 1.82) is 0 Å². The molecule has 1 aliphatic carbocycles. The van der Waals surface area contributed by atoms with Crippen molar-refractivity contribution in [3.05, 3.63) is 76.8 Å². The van der Waals surface area contributed by atoms with Gasteiger partial charge in [0.05, 0.1) is 0 Å². The second kappa shape index (κ2) is 8.93. The van der Waals surface area contributed by atoms with Crippen molar-refractivity contribution in [2.45, 2.75) is 31.2 Å². The molecule has 1 aliphatic heterocycles. The first-order chi connectivity index (χ1) is 15.6. The Morgan fingerprint density at radius 3 is 2.62 bits per heavy atom. The largest absolute Gasteiger partial charge is 0.381 e. The van der Waals surface area contributed by atoms with E-state index in [1.54, 1.807) is 0 Å². The number of nitrogens with one attached hydrogen (secondary N) is 2. The molecule has 164 valence electrons. The van der Waals surface area contributed by atoms with E-state index in [1.165, 1.54) is 0 Å². The lowest BCUT2D eigenvalue weighted by molar-refractivity contribution is -0.117. The van der Waals surface area contributed by atoms with E-state index in [4.69, 9.17) is 16.3 Å². The second-order valence-electron chi connectivity index (χ2n) is 8.60. The normalized spacial score (nSPS) is 20.7. The molecule has 32 heavy (non-hydrogen) atoms. The van der Waals surface area contributed by atoms with Crippen LogP contribution in [0.2, 0.25) is 5.02 Å². The SMILES string of the molecule is O=C(NC1CCOCC1)c1cccc([C@@H]2C[C@H]2C(=O)Nc2ccc3cccc(Cl)c3c2)c1. The van der Waals surface area contributed by atoms with E-state index in [-0.39, 0.29) is 29.7 Å². The zero-order valence-electron chi connectivity index (χ0n) is 17.6. The molecule has 2 amide bonds. The summed E-state index contributed by atoms with van der Waals surface area (Å²) >= 11 is 6.29. The number of hydrogen-bond donors (Lipinski definition) is 2. The first kappa shape index (κ1) is 21.0. The zero-order valence-corrected chi connectivity index (χ0v) is 18.4. The van der Waals surface area contributed by atoms with Gasteiger partial charge in [-0.3, -0.25) is 9.59 Å². The maximum absolute atomic E-state index is 12.8. The van der Waals surface area contributed by atoms with Gasteiger partial charge >= 0.3 is 0 Å². The van der Waals surface area contributed by atoms with Gasteiger partial charge in [-0.1, -0.05) is 41.9 Å². The maximum atomic E-state index is 12.8. The van der Waals surface area contributed by atoms with Gasteiger partial charge in [0.25, 0.3) is 5.91 Å².